The first-order valence-electron chi connectivity index (χ1n) is 9.07. The van der Waals surface area contributed by atoms with E-state index in [4.69, 9.17) is 0 Å². The fourth-order valence-electron chi connectivity index (χ4n) is 4.60. The molecule has 4 rings (SSSR count). The van der Waals surface area contributed by atoms with E-state index >= 15 is 0 Å². The average molecular weight is 340 g/mol. The van der Waals surface area contributed by atoms with E-state index in [-0.39, 0.29) is 17.9 Å². The van der Waals surface area contributed by atoms with Crippen molar-refractivity contribution in [3.63, 3.8) is 0 Å². The van der Waals surface area contributed by atoms with Crippen molar-refractivity contribution in [3.05, 3.63) is 47.5 Å². The molecule has 6 heteroatoms. The maximum atomic E-state index is 12.9. The summed E-state index contributed by atoms with van der Waals surface area (Å²) in [5.74, 6) is 0.825. The van der Waals surface area contributed by atoms with Crippen molar-refractivity contribution in [1.82, 2.24) is 20.1 Å². The first-order chi connectivity index (χ1) is 12.1. The third-order valence-electron chi connectivity index (χ3n) is 5.81. The van der Waals surface area contributed by atoms with Crippen molar-refractivity contribution in [1.29, 1.82) is 0 Å². The molecule has 132 valence electrons. The highest BCUT2D eigenvalue weighted by Crippen LogP contribution is 2.47. The normalized spacial score (nSPS) is 29.3. The number of H-pyrrole nitrogens is 1. The summed E-state index contributed by atoms with van der Waals surface area (Å²) >= 11 is 0. The minimum Gasteiger partial charge on any atom is -0.385 e. The van der Waals surface area contributed by atoms with Crippen LogP contribution in [0.5, 0.6) is 0 Å². The van der Waals surface area contributed by atoms with Crippen LogP contribution in [0.4, 0.5) is 0 Å². The zero-order valence-electron chi connectivity index (χ0n) is 14.5. The molecular weight excluding hydrogens is 316 g/mol. The largest absolute Gasteiger partial charge is 0.385 e. The van der Waals surface area contributed by atoms with Crippen molar-refractivity contribution < 1.29 is 9.90 Å². The zero-order chi connectivity index (χ0) is 17.4. The van der Waals surface area contributed by atoms with Crippen molar-refractivity contribution >= 4 is 5.91 Å². The van der Waals surface area contributed by atoms with Gasteiger partial charge in [-0.05, 0) is 31.7 Å². The molecule has 1 saturated carbocycles. The summed E-state index contributed by atoms with van der Waals surface area (Å²) in [5, 5.41) is 18.3. The molecule has 2 fully saturated rings. The van der Waals surface area contributed by atoms with E-state index in [0.717, 1.165) is 31.2 Å². The Kier molecular flexibility index (Phi) is 4.07. The number of hydrogen-bond acceptors (Lipinski definition) is 4. The SMILES string of the molecule is Cc1n[nH]c(C(=O)N2CCC(O)(c3ccccc3)C3CCCCC32)n1. The molecule has 3 unspecified atom stereocenters. The van der Waals surface area contributed by atoms with Gasteiger partial charge in [0.2, 0.25) is 5.82 Å². The smallest absolute Gasteiger partial charge is 0.291 e. The van der Waals surface area contributed by atoms with Crippen LogP contribution in [0.25, 0.3) is 0 Å². The second-order valence-corrected chi connectivity index (χ2v) is 7.23. The Balaban J connectivity index is 1.65. The van der Waals surface area contributed by atoms with Crippen LogP contribution in [0, 0.1) is 12.8 Å². The monoisotopic (exact) mass is 340 g/mol. The molecular formula is C19H24N4O2. The first-order valence-corrected chi connectivity index (χ1v) is 9.07. The van der Waals surface area contributed by atoms with Crippen LogP contribution in [0.2, 0.25) is 0 Å². The lowest BCUT2D eigenvalue weighted by Gasteiger charge is -2.52. The number of carbonyl (C=O) groups is 1. The van der Waals surface area contributed by atoms with Crippen LogP contribution in [0.1, 0.15) is 54.1 Å². The van der Waals surface area contributed by atoms with Gasteiger partial charge in [0, 0.05) is 18.5 Å². The molecule has 1 saturated heterocycles. The molecule has 0 radical (unpaired) electrons. The number of aromatic amines is 1. The molecule has 2 aliphatic rings. The second kappa shape index (κ2) is 6.26. The number of piperidine rings is 1. The minimum atomic E-state index is -0.861. The maximum Gasteiger partial charge on any atom is 0.291 e. The molecule has 3 atom stereocenters. The first kappa shape index (κ1) is 16.3. The Hall–Kier alpha value is -2.21. The van der Waals surface area contributed by atoms with Crippen LogP contribution >= 0.6 is 0 Å². The molecule has 1 amide bonds. The van der Waals surface area contributed by atoms with E-state index < -0.39 is 5.60 Å². The summed E-state index contributed by atoms with van der Waals surface area (Å²) in [6.07, 6.45) is 4.61. The van der Waals surface area contributed by atoms with Gasteiger partial charge in [0.1, 0.15) is 5.82 Å². The van der Waals surface area contributed by atoms with E-state index in [9.17, 15) is 9.90 Å². The number of aryl methyl sites for hydroxylation is 1. The molecule has 1 aliphatic carbocycles. The number of fused-ring (bicyclic) bond motifs is 1. The molecule has 6 nitrogen and oxygen atoms in total. The van der Waals surface area contributed by atoms with Gasteiger partial charge in [-0.2, -0.15) is 5.10 Å². The fourth-order valence-corrected chi connectivity index (χ4v) is 4.60. The van der Waals surface area contributed by atoms with Gasteiger partial charge in [0.25, 0.3) is 5.91 Å². The molecule has 2 N–H and O–H groups in total. The second-order valence-electron chi connectivity index (χ2n) is 7.23. The van der Waals surface area contributed by atoms with Gasteiger partial charge >= 0.3 is 0 Å². The fraction of sp³-hybridized carbons (Fsp3) is 0.526. The Labute approximate surface area is 147 Å². The number of nitrogens with one attached hydrogen (secondary N) is 1. The molecule has 2 aromatic rings. The number of likely N-dealkylation sites (tertiary alicyclic amines) is 1. The van der Waals surface area contributed by atoms with Crippen molar-refractivity contribution in [2.24, 2.45) is 5.92 Å². The highest BCUT2D eigenvalue weighted by Gasteiger charge is 2.50. The van der Waals surface area contributed by atoms with Crippen LogP contribution in [0.15, 0.2) is 30.3 Å². The average Bonchev–Trinajstić information content (AvgIpc) is 3.09. The number of rotatable bonds is 2. The van der Waals surface area contributed by atoms with Crippen molar-refractivity contribution in [2.75, 3.05) is 6.54 Å². The molecule has 2 heterocycles. The molecule has 1 aliphatic heterocycles. The molecule has 0 bridgehead atoms. The number of carbonyl (C=O) groups excluding carboxylic acids is 1. The number of aliphatic hydroxyl groups is 1. The lowest BCUT2D eigenvalue weighted by atomic mass is 9.66. The van der Waals surface area contributed by atoms with Crippen LogP contribution in [-0.4, -0.2) is 43.7 Å². The van der Waals surface area contributed by atoms with Crippen LogP contribution < -0.4 is 0 Å². The Bertz CT molecular complexity index is 760. The summed E-state index contributed by atoms with van der Waals surface area (Å²) in [6.45, 7) is 2.30. The Morgan fingerprint density at radius 1 is 1.28 bits per heavy atom. The lowest BCUT2D eigenvalue weighted by molar-refractivity contribution is -0.110. The van der Waals surface area contributed by atoms with Gasteiger partial charge in [0.15, 0.2) is 0 Å². The third-order valence-corrected chi connectivity index (χ3v) is 5.81. The predicted molar refractivity (Wildman–Crippen MR) is 92.9 cm³/mol. The topological polar surface area (TPSA) is 82.1 Å². The highest BCUT2D eigenvalue weighted by atomic mass is 16.3. The molecule has 0 spiro atoms. The van der Waals surface area contributed by atoms with E-state index in [1.165, 1.54) is 0 Å². The maximum absolute atomic E-state index is 12.9. The van der Waals surface area contributed by atoms with Gasteiger partial charge in [-0.3, -0.25) is 9.89 Å². The number of aromatic nitrogens is 3. The van der Waals surface area contributed by atoms with E-state index in [1.807, 2.05) is 35.2 Å². The number of nitrogens with zero attached hydrogens (tertiary/aromatic N) is 3. The molecule has 25 heavy (non-hydrogen) atoms. The predicted octanol–water partition coefficient (Wildman–Crippen LogP) is 2.41. The highest BCUT2D eigenvalue weighted by molar-refractivity contribution is 5.90. The summed E-state index contributed by atoms with van der Waals surface area (Å²) in [5.41, 5.74) is 0.106. The molecule has 1 aromatic heterocycles. The van der Waals surface area contributed by atoms with E-state index in [2.05, 4.69) is 15.2 Å². The van der Waals surface area contributed by atoms with Gasteiger partial charge < -0.3 is 10.0 Å². The summed E-state index contributed by atoms with van der Waals surface area (Å²) in [4.78, 5) is 19.0. The van der Waals surface area contributed by atoms with Gasteiger partial charge in [-0.1, -0.05) is 43.2 Å². The molecule has 1 aromatic carbocycles. The van der Waals surface area contributed by atoms with E-state index in [0.29, 0.717) is 24.6 Å². The standard InChI is InChI=1S/C19H24N4O2/c1-13-20-17(22-21-13)18(24)23-12-11-19(25,14-7-3-2-4-8-14)15-9-5-6-10-16(15)23/h2-4,7-8,15-16,25H,5-6,9-12H2,1H3,(H,20,21,22). The van der Waals surface area contributed by atoms with E-state index in [1.54, 1.807) is 6.92 Å². The van der Waals surface area contributed by atoms with Gasteiger partial charge in [-0.15, -0.1) is 0 Å². The minimum absolute atomic E-state index is 0.0469. The Morgan fingerprint density at radius 2 is 2.04 bits per heavy atom. The van der Waals surface area contributed by atoms with Gasteiger partial charge in [-0.25, -0.2) is 4.98 Å². The number of amides is 1. The van der Waals surface area contributed by atoms with Crippen LogP contribution in [0.3, 0.4) is 0 Å². The number of benzene rings is 1. The summed E-state index contributed by atoms with van der Waals surface area (Å²) in [6, 6.07) is 9.97. The lowest BCUT2D eigenvalue weighted by Crippen LogP contribution is -2.59. The zero-order valence-corrected chi connectivity index (χ0v) is 14.5. The summed E-state index contributed by atoms with van der Waals surface area (Å²) < 4.78 is 0. The quantitative estimate of drug-likeness (QED) is 0.879. The van der Waals surface area contributed by atoms with Gasteiger partial charge in [0.05, 0.1) is 5.60 Å². The van der Waals surface area contributed by atoms with Crippen LogP contribution in [-0.2, 0) is 5.60 Å². The number of hydrogen-bond donors (Lipinski definition) is 2. The van der Waals surface area contributed by atoms with Crippen molar-refractivity contribution in [3.8, 4) is 0 Å². The third kappa shape index (κ3) is 2.74. The summed E-state index contributed by atoms with van der Waals surface area (Å²) in [7, 11) is 0. The van der Waals surface area contributed by atoms with Crippen molar-refractivity contribution in [2.45, 2.75) is 50.7 Å². The Morgan fingerprint density at radius 3 is 2.76 bits per heavy atom.